The van der Waals surface area contributed by atoms with Crippen molar-refractivity contribution in [1.29, 1.82) is 0 Å². The summed E-state index contributed by atoms with van der Waals surface area (Å²) < 4.78 is 0. The van der Waals surface area contributed by atoms with Crippen LogP contribution in [-0.4, -0.2) is 0 Å². The van der Waals surface area contributed by atoms with Crippen molar-refractivity contribution in [2.45, 2.75) is 80.1 Å². The zero-order chi connectivity index (χ0) is 12.2. The molecule has 2 fully saturated rings. The lowest BCUT2D eigenvalue weighted by atomic mass is 9.64. The summed E-state index contributed by atoms with van der Waals surface area (Å²) in [4.78, 5) is 0. The molecule has 0 N–H and O–H groups in total. The van der Waals surface area contributed by atoms with Crippen molar-refractivity contribution in [3.63, 3.8) is 0 Å². The summed E-state index contributed by atoms with van der Waals surface area (Å²) in [5.41, 5.74) is 1.93. The van der Waals surface area contributed by atoms with E-state index in [1.807, 2.05) is 13.8 Å². The van der Waals surface area contributed by atoms with Crippen molar-refractivity contribution in [3.05, 3.63) is 12.2 Å². The lowest BCUT2D eigenvalue weighted by Crippen LogP contribution is -2.32. The number of hydrogen-bond donors (Lipinski definition) is 0. The molecule has 0 heterocycles. The van der Waals surface area contributed by atoms with Crippen molar-refractivity contribution < 1.29 is 0 Å². The molecular weight excluding hydrogens is 204 g/mol. The Morgan fingerprint density at radius 3 is 2.12 bits per heavy atom. The molecule has 0 aliphatic heterocycles. The van der Waals surface area contributed by atoms with E-state index >= 15 is 0 Å². The average molecular weight is 238 g/mol. The van der Waals surface area contributed by atoms with Gasteiger partial charge in [-0.3, -0.25) is 0 Å². The Bertz CT molecular complexity index is 224. The second-order valence-corrected chi connectivity index (χ2v) is 6.42. The van der Waals surface area contributed by atoms with Crippen LogP contribution >= 0.6 is 0 Å². The fourth-order valence-electron chi connectivity index (χ4n) is 3.83. The summed E-state index contributed by atoms with van der Waals surface area (Å²) in [7, 11) is 0. The molecule has 0 aromatic rings. The molecule has 0 aromatic carbocycles. The van der Waals surface area contributed by atoms with Crippen LogP contribution in [0.3, 0.4) is 0 Å². The summed E-state index contributed by atoms with van der Waals surface area (Å²) in [6.45, 7) is 12.4. The van der Waals surface area contributed by atoms with Gasteiger partial charge in [-0.05, 0) is 50.4 Å². The minimum absolute atomic E-state index is 0. The highest BCUT2D eigenvalue weighted by Gasteiger charge is 2.44. The second kappa shape index (κ2) is 7.24. The van der Waals surface area contributed by atoms with Gasteiger partial charge in [-0.25, -0.2) is 0 Å². The molecule has 17 heavy (non-hydrogen) atoms. The summed E-state index contributed by atoms with van der Waals surface area (Å²) >= 11 is 0. The fourth-order valence-corrected chi connectivity index (χ4v) is 3.83. The van der Waals surface area contributed by atoms with Crippen molar-refractivity contribution >= 4 is 0 Å². The normalized spacial score (nSPS) is 35.1. The van der Waals surface area contributed by atoms with Gasteiger partial charge in [0.25, 0.3) is 0 Å². The van der Waals surface area contributed by atoms with Gasteiger partial charge in [0.15, 0.2) is 0 Å². The third kappa shape index (κ3) is 4.48. The maximum atomic E-state index is 3.56. The first-order valence-electron chi connectivity index (χ1n) is 7.11. The van der Waals surface area contributed by atoms with Crippen LogP contribution in [0.2, 0.25) is 0 Å². The van der Waals surface area contributed by atoms with Gasteiger partial charge in [-0.1, -0.05) is 52.5 Å². The van der Waals surface area contributed by atoms with Crippen LogP contribution in [0.1, 0.15) is 80.1 Å². The van der Waals surface area contributed by atoms with Crippen molar-refractivity contribution in [1.82, 2.24) is 0 Å². The zero-order valence-corrected chi connectivity index (χ0v) is 11.8. The molecule has 0 radical (unpaired) electrons. The molecular formula is C17H34. The van der Waals surface area contributed by atoms with E-state index in [1.54, 1.807) is 0 Å². The van der Waals surface area contributed by atoms with Crippen molar-refractivity contribution in [3.8, 4) is 0 Å². The van der Waals surface area contributed by atoms with E-state index in [4.69, 9.17) is 0 Å². The third-order valence-electron chi connectivity index (χ3n) is 4.57. The highest BCUT2D eigenvalue weighted by molar-refractivity contribution is 4.94. The first-order valence-corrected chi connectivity index (χ1v) is 7.11. The van der Waals surface area contributed by atoms with Crippen LogP contribution in [-0.2, 0) is 0 Å². The van der Waals surface area contributed by atoms with E-state index in [1.165, 1.54) is 50.5 Å². The van der Waals surface area contributed by atoms with E-state index in [-0.39, 0.29) is 7.43 Å². The lowest BCUT2D eigenvalue weighted by Gasteiger charge is -2.41. The number of fused-ring (bicyclic) bond motifs is 1. The Morgan fingerprint density at radius 2 is 1.65 bits per heavy atom. The van der Waals surface area contributed by atoms with Crippen LogP contribution < -0.4 is 0 Å². The highest BCUT2D eigenvalue weighted by atomic mass is 14.5. The van der Waals surface area contributed by atoms with Crippen LogP contribution in [0.5, 0.6) is 0 Å². The molecule has 0 nitrogen and oxygen atoms in total. The molecule has 3 atom stereocenters. The third-order valence-corrected chi connectivity index (χ3v) is 4.57. The molecule has 0 spiro atoms. The minimum atomic E-state index is 0. The van der Waals surface area contributed by atoms with Gasteiger partial charge in [-0.15, -0.1) is 6.58 Å². The van der Waals surface area contributed by atoms with Gasteiger partial charge in [0.1, 0.15) is 0 Å². The second-order valence-electron chi connectivity index (χ2n) is 6.42. The lowest BCUT2D eigenvalue weighted by molar-refractivity contribution is 0.0867. The topological polar surface area (TPSA) is 0 Å². The Kier molecular flexibility index (Phi) is 7.13. The molecule has 3 unspecified atom stereocenters. The summed E-state index contributed by atoms with van der Waals surface area (Å²) in [6.07, 6.45) is 10.6. The van der Waals surface area contributed by atoms with Gasteiger partial charge in [0.2, 0.25) is 0 Å². The van der Waals surface area contributed by atoms with Crippen molar-refractivity contribution in [2.24, 2.45) is 17.3 Å². The standard InChI is InChI=1S/C12H22.C4H8.CH4/c1-3-10-6-4-8-12(2)9-5-7-11(10)12;1-4(2)3;/h10-11H,3-9H2,1-2H3;1H2,2-3H3;1H4. The van der Waals surface area contributed by atoms with Gasteiger partial charge in [0.05, 0.1) is 0 Å². The number of rotatable bonds is 1. The monoisotopic (exact) mass is 238 g/mol. The number of hydrogen-bond acceptors (Lipinski definition) is 0. The minimum Gasteiger partial charge on any atom is -0.100 e. The first kappa shape index (κ1) is 16.7. The SMILES string of the molecule is C.C=C(C)C.CCC1CCCC2(C)CCCC12. The molecule has 2 aliphatic rings. The molecule has 2 rings (SSSR count). The van der Waals surface area contributed by atoms with E-state index in [9.17, 15) is 0 Å². The van der Waals surface area contributed by atoms with Crippen LogP contribution in [0, 0.1) is 17.3 Å². The van der Waals surface area contributed by atoms with Crippen molar-refractivity contribution in [2.75, 3.05) is 0 Å². The van der Waals surface area contributed by atoms with E-state index in [0.717, 1.165) is 17.3 Å². The Hall–Kier alpha value is -0.260. The van der Waals surface area contributed by atoms with Crippen LogP contribution in [0.4, 0.5) is 0 Å². The van der Waals surface area contributed by atoms with E-state index < -0.39 is 0 Å². The Labute approximate surface area is 110 Å². The van der Waals surface area contributed by atoms with Crippen LogP contribution in [0.15, 0.2) is 12.2 Å². The average Bonchev–Trinajstić information content (AvgIpc) is 2.57. The Morgan fingerprint density at radius 1 is 1.18 bits per heavy atom. The zero-order valence-electron chi connectivity index (χ0n) is 11.8. The molecule has 0 amide bonds. The molecule has 0 aromatic heterocycles. The predicted octanol–water partition coefficient (Wildman–Crippen LogP) is 6.22. The first-order chi connectivity index (χ1) is 7.49. The molecule has 0 bridgehead atoms. The maximum Gasteiger partial charge on any atom is -0.0295 e. The summed E-state index contributed by atoms with van der Waals surface area (Å²) in [6, 6.07) is 0. The molecule has 102 valence electrons. The predicted molar refractivity (Wildman–Crippen MR) is 80.3 cm³/mol. The molecule has 2 aliphatic carbocycles. The van der Waals surface area contributed by atoms with Gasteiger partial charge < -0.3 is 0 Å². The van der Waals surface area contributed by atoms with Gasteiger partial charge >= 0.3 is 0 Å². The summed E-state index contributed by atoms with van der Waals surface area (Å²) in [5, 5.41) is 0. The van der Waals surface area contributed by atoms with Gasteiger partial charge in [0, 0.05) is 0 Å². The van der Waals surface area contributed by atoms with Gasteiger partial charge in [-0.2, -0.15) is 0 Å². The largest absolute Gasteiger partial charge is 0.100 e. The molecule has 0 saturated heterocycles. The highest BCUT2D eigenvalue weighted by Crippen LogP contribution is 2.54. The van der Waals surface area contributed by atoms with E-state index in [0.29, 0.717) is 0 Å². The maximum absolute atomic E-state index is 3.56. The quantitative estimate of drug-likeness (QED) is 0.476. The van der Waals surface area contributed by atoms with Crippen LogP contribution in [0.25, 0.3) is 0 Å². The number of allylic oxidation sites excluding steroid dienone is 1. The fraction of sp³-hybridized carbons (Fsp3) is 0.882. The smallest absolute Gasteiger partial charge is 0.0295 e. The Balaban J connectivity index is 0.000000453. The van der Waals surface area contributed by atoms with E-state index in [2.05, 4.69) is 20.4 Å². The molecule has 0 heteroatoms. The summed E-state index contributed by atoms with van der Waals surface area (Å²) in [5.74, 6) is 2.17. The molecule has 2 saturated carbocycles.